The zero-order valence-electron chi connectivity index (χ0n) is 16.3. The minimum absolute atomic E-state index is 0.0405. The molecule has 2 aromatic carbocycles. The number of anilines is 1. The molecule has 0 radical (unpaired) electrons. The molecular formula is C21H23N3O5. The molecule has 1 fully saturated rings. The monoisotopic (exact) mass is 397 g/mol. The summed E-state index contributed by atoms with van der Waals surface area (Å²) in [5.41, 5.74) is 0.688. The van der Waals surface area contributed by atoms with Crippen LogP contribution in [0.4, 0.5) is 5.69 Å². The second-order valence-electron chi connectivity index (χ2n) is 7.13. The minimum atomic E-state index is -1.02. The van der Waals surface area contributed by atoms with Crippen molar-refractivity contribution in [1.82, 2.24) is 10.2 Å². The number of methoxy groups -OCH3 is 1. The van der Waals surface area contributed by atoms with Crippen LogP contribution in [0.2, 0.25) is 0 Å². The molecule has 2 aromatic rings. The van der Waals surface area contributed by atoms with Crippen molar-refractivity contribution in [1.29, 1.82) is 0 Å². The average molecular weight is 397 g/mol. The van der Waals surface area contributed by atoms with Gasteiger partial charge in [0.15, 0.2) is 0 Å². The third-order valence-electron chi connectivity index (χ3n) is 4.81. The number of phenols is 1. The maximum absolute atomic E-state index is 12.8. The summed E-state index contributed by atoms with van der Waals surface area (Å²) >= 11 is 0. The predicted molar refractivity (Wildman–Crippen MR) is 106 cm³/mol. The molecule has 0 saturated carbocycles. The summed E-state index contributed by atoms with van der Waals surface area (Å²) in [7, 11) is 1.30. The van der Waals surface area contributed by atoms with Gasteiger partial charge in [-0.05, 0) is 48.9 Å². The molecule has 152 valence electrons. The Hall–Kier alpha value is -3.39. The van der Waals surface area contributed by atoms with E-state index in [0.29, 0.717) is 24.5 Å². The number of hydrogen-bond donors (Lipinski definition) is 3. The summed E-state index contributed by atoms with van der Waals surface area (Å²) in [6.07, 6.45) is -0.0405. The highest BCUT2D eigenvalue weighted by atomic mass is 16.5. The molecule has 1 unspecified atom stereocenters. The molecule has 8 heteroatoms. The Bertz CT molecular complexity index is 928. The number of carbonyl (C=O) groups excluding carboxylic acids is 3. The first-order valence-electron chi connectivity index (χ1n) is 9.11. The van der Waals surface area contributed by atoms with Gasteiger partial charge in [0.1, 0.15) is 11.3 Å². The summed E-state index contributed by atoms with van der Waals surface area (Å²) in [6, 6.07) is 13.0. The molecular weight excluding hydrogens is 374 g/mol. The van der Waals surface area contributed by atoms with Crippen LogP contribution in [0, 0.1) is 0 Å². The van der Waals surface area contributed by atoms with Crippen molar-refractivity contribution in [3.8, 4) is 5.75 Å². The highest BCUT2D eigenvalue weighted by Crippen LogP contribution is 2.23. The van der Waals surface area contributed by atoms with Crippen LogP contribution in [-0.2, 0) is 20.9 Å². The number of carbonyl (C=O) groups is 3. The molecule has 0 aliphatic carbocycles. The molecule has 2 amide bonds. The standard InChI is InChI=1S/C21H23N3O5/c1-21(11-18(26)23-16-8-6-15(7-9-16)19(27)29-2)20(28)24(13-22-21)12-14-4-3-5-17(25)10-14/h3-10,22,25H,11-13H2,1-2H3,(H,23,26). The fourth-order valence-corrected chi connectivity index (χ4v) is 3.24. The molecule has 0 bridgehead atoms. The lowest BCUT2D eigenvalue weighted by Gasteiger charge is -2.22. The van der Waals surface area contributed by atoms with Crippen molar-refractivity contribution in [2.45, 2.75) is 25.4 Å². The number of ether oxygens (including phenoxy) is 1. The van der Waals surface area contributed by atoms with Crippen LogP contribution < -0.4 is 10.6 Å². The largest absolute Gasteiger partial charge is 0.508 e. The van der Waals surface area contributed by atoms with E-state index in [1.54, 1.807) is 54.3 Å². The minimum Gasteiger partial charge on any atom is -0.508 e. The normalized spacial score (nSPS) is 18.6. The Morgan fingerprint density at radius 1 is 1.24 bits per heavy atom. The lowest BCUT2D eigenvalue weighted by atomic mass is 9.97. The number of rotatable bonds is 6. The molecule has 1 aliphatic heterocycles. The number of esters is 1. The van der Waals surface area contributed by atoms with Gasteiger partial charge in [0, 0.05) is 12.2 Å². The smallest absolute Gasteiger partial charge is 0.337 e. The number of nitrogens with one attached hydrogen (secondary N) is 2. The van der Waals surface area contributed by atoms with Crippen LogP contribution in [0.3, 0.4) is 0 Å². The van der Waals surface area contributed by atoms with Crippen molar-refractivity contribution in [2.24, 2.45) is 0 Å². The van der Waals surface area contributed by atoms with Gasteiger partial charge in [-0.3, -0.25) is 14.9 Å². The summed E-state index contributed by atoms with van der Waals surface area (Å²) in [6.45, 7) is 2.34. The van der Waals surface area contributed by atoms with Gasteiger partial charge in [-0.2, -0.15) is 0 Å². The van der Waals surface area contributed by atoms with Crippen LogP contribution in [0.5, 0.6) is 5.75 Å². The van der Waals surface area contributed by atoms with Crippen LogP contribution in [0.1, 0.15) is 29.3 Å². The van der Waals surface area contributed by atoms with Gasteiger partial charge in [-0.25, -0.2) is 4.79 Å². The lowest BCUT2D eigenvalue weighted by molar-refractivity contribution is -0.134. The van der Waals surface area contributed by atoms with Crippen LogP contribution in [0.15, 0.2) is 48.5 Å². The zero-order chi connectivity index (χ0) is 21.0. The number of benzene rings is 2. The summed E-state index contributed by atoms with van der Waals surface area (Å²) < 4.78 is 4.64. The molecule has 1 aliphatic rings. The Morgan fingerprint density at radius 2 is 1.97 bits per heavy atom. The quantitative estimate of drug-likeness (QED) is 0.642. The first-order valence-corrected chi connectivity index (χ1v) is 9.11. The molecule has 0 aromatic heterocycles. The molecule has 1 saturated heterocycles. The molecule has 1 atom stereocenters. The van der Waals surface area contributed by atoms with Crippen molar-refractivity contribution in [2.75, 3.05) is 19.1 Å². The number of amides is 2. The fourth-order valence-electron chi connectivity index (χ4n) is 3.24. The van der Waals surface area contributed by atoms with Crippen molar-refractivity contribution >= 4 is 23.5 Å². The maximum Gasteiger partial charge on any atom is 0.337 e. The zero-order valence-corrected chi connectivity index (χ0v) is 16.3. The van der Waals surface area contributed by atoms with Crippen LogP contribution >= 0.6 is 0 Å². The molecule has 3 rings (SSSR count). The summed E-state index contributed by atoms with van der Waals surface area (Å²) in [5, 5.41) is 15.4. The van der Waals surface area contributed by atoms with Crippen molar-refractivity contribution in [3.05, 3.63) is 59.7 Å². The van der Waals surface area contributed by atoms with E-state index in [1.807, 2.05) is 6.07 Å². The van der Waals surface area contributed by atoms with E-state index in [9.17, 15) is 19.5 Å². The molecule has 8 nitrogen and oxygen atoms in total. The Balaban J connectivity index is 1.59. The van der Waals surface area contributed by atoms with Gasteiger partial charge >= 0.3 is 5.97 Å². The number of hydrogen-bond acceptors (Lipinski definition) is 6. The number of phenolic OH excluding ortho intramolecular Hbond substituents is 1. The number of nitrogens with zero attached hydrogens (tertiary/aromatic N) is 1. The highest BCUT2D eigenvalue weighted by Gasteiger charge is 2.43. The van der Waals surface area contributed by atoms with E-state index < -0.39 is 11.5 Å². The van der Waals surface area contributed by atoms with Gasteiger partial charge in [0.25, 0.3) is 0 Å². The van der Waals surface area contributed by atoms with Crippen molar-refractivity contribution < 1.29 is 24.2 Å². The van der Waals surface area contributed by atoms with E-state index in [-0.39, 0.29) is 24.0 Å². The van der Waals surface area contributed by atoms with Gasteiger partial charge in [-0.15, -0.1) is 0 Å². The predicted octanol–water partition coefficient (Wildman–Crippen LogP) is 1.86. The van der Waals surface area contributed by atoms with Gasteiger partial charge in [0.05, 0.1) is 25.8 Å². The molecule has 29 heavy (non-hydrogen) atoms. The Labute approximate surface area is 168 Å². The third-order valence-corrected chi connectivity index (χ3v) is 4.81. The summed E-state index contributed by atoms with van der Waals surface area (Å²) in [5.74, 6) is -0.819. The van der Waals surface area contributed by atoms with Crippen molar-refractivity contribution in [3.63, 3.8) is 0 Å². The maximum atomic E-state index is 12.8. The van der Waals surface area contributed by atoms with Crippen LogP contribution in [0.25, 0.3) is 0 Å². The summed E-state index contributed by atoms with van der Waals surface area (Å²) in [4.78, 5) is 38.4. The molecule has 3 N–H and O–H groups in total. The van der Waals surface area contributed by atoms with Gasteiger partial charge in [-0.1, -0.05) is 12.1 Å². The average Bonchev–Trinajstić information content (AvgIpc) is 2.96. The lowest BCUT2D eigenvalue weighted by Crippen LogP contribution is -2.46. The second-order valence-corrected chi connectivity index (χ2v) is 7.13. The number of aromatic hydroxyl groups is 1. The second kappa shape index (κ2) is 8.32. The topological polar surface area (TPSA) is 108 Å². The van der Waals surface area contributed by atoms with E-state index >= 15 is 0 Å². The molecule has 1 heterocycles. The van der Waals surface area contributed by atoms with Gasteiger partial charge < -0.3 is 20.1 Å². The first kappa shape index (κ1) is 20.3. The van der Waals surface area contributed by atoms with E-state index in [0.717, 1.165) is 5.56 Å². The highest BCUT2D eigenvalue weighted by molar-refractivity contribution is 5.98. The fraction of sp³-hybridized carbons (Fsp3) is 0.286. The van der Waals surface area contributed by atoms with Gasteiger partial charge in [0.2, 0.25) is 11.8 Å². The third kappa shape index (κ3) is 4.72. The van der Waals surface area contributed by atoms with E-state index in [4.69, 9.17) is 0 Å². The molecule has 0 spiro atoms. The van der Waals surface area contributed by atoms with E-state index in [2.05, 4.69) is 15.4 Å². The Kier molecular flexibility index (Phi) is 5.84. The Morgan fingerprint density at radius 3 is 2.62 bits per heavy atom. The SMILES string of the molecule is COC(=O)c1ccc(NC(=O)CC2(C)NCN(Cc3cccc(O)c3)C2=O)cc1. The van der Waals surface area contributed by atoms with Crippen LogP contribution in [-0.4, -0.2) is 47.1 Å². The first-order chi connectivity index (χ1) is 13.8. The van der Waals surface area contributed by atoms with E-state index in [1.165, 1.54) is 7.11 Å².